The third-order valence-electron chi connectivity index (χ3n) is 5.34. The molecule has 0 saturated heterocycles. The van der Waals surface area contributed by atoms with Crippen LogP contribution < -0.4 is 0 Å². The number of rotatable bonds is 4. The molecule has 4 nitrogen and oxygen atoms in total. The van der Waals surface area contributed by atoms with Gasteiger partial charge < -0.3 is 0 Å². The lowest BCUT2D eigenvalue weighted by atomic mass is 9.89. The standard InChI is InChI=1S/C21H26N4/c1-2-6-17(7-3-1)16-25-20(10-13-24-25)14-18-8-5-12-23-21(18)19-9-4-11-22-15-19/h4,9-11,13-15,17H,1-3,5-8,12,16H2/b18-14+. The molecule has 2 aromatic heterocycles. The van der Waals surface area contributed by atoms with Crippen LogP contribution in [0.1, 0.15) is 56.2 Å². The van der Waals surface area contributed by atoms with Crippen LogP contribution >= 0.6 is 0 Å². The highest BCUT2D eigenvalue weighted by Gasteiger charge is 2.17. The molecule has 0 spiro atoms. The fraction of sp³-hybridized carbons (Fsp3) is 0.476. The lowest BCUT2D eigenvalue weighted by Gasteiger charge is -2.22. The summed E-state index contributed by atoms with van der Waals surface area (Å²) < 4.78 is 2.19. The molecule has 0 N–H and O–H groups in total. The Labute approximate surface area is 149 Å². The van der Waals surface area contributed by atoms with Gasteiger partial charge in [0.25, 0.3) is 0 Å². The van der Waals surface area contributed by atoms with E-state index in [0.717, 1.165) is 43.1 Å². The highest BCUT2D eigenvalue weighted by atomic mass is 15.3. The van der Waals surface area contributed by atoms with Crippen molar-refractivity contribution >= 4 is 11.8 Å². The minimum atomic E-state index is 0.781. The molecule has 0 aromatic carbocycles. The highest BCUT2D eigenvalue weighted by Crippen LogP contribution is 2.26. The van der Waals surface area contributed by atoms with Gasteiger partial charge in [0, 0.05) is 37.2 Å². The second-order valence-corrected chi connectivity index (χ2v) is 7.19. The minimum Gasteiger partial charge on any atom is -0.284 e. The van der Waals surface area contributed by atoms with Crippen molar-refractivity contribution in [2.24, 2.45) is 10.9 Å². The van der Waals surface area contributed by atoms with E-state index in [2.05, 4.69) is 33.0 Å². The van der Waals surface area contributed by atoms with E-state index in [0.29, 0.717) is 0 Å². The van der Waals surface area contributed by atoms with Gasteiger partial charge in [-0.2, -0.15) is 5.10 Å². The molecular formula is C21H26N4. The van der Waals surface area contributed by atoms with Gasteiger partial charge in [0.2, 0.25) is 0 Å². The SMILES string of the molecule is C(=C1/CCCN=C1c1cccnc1)/c1ccnn1CC1CCCCC1. The highest BCUT2D eigenvalue weighted by molar-refractivity contribution is 6.15. The molecular weight excluding hydrogens is 308 g/mol. The third kappa shape index (κ3) is 3.89. The van der Waals surface area contributed by atoms with Crippen molar-refractivity contribution in [1.29, 1.82) is 0 Å². The summed E-state index contributed by atoms with van der Waals surface area (Å²) in [5.74, 6) is 0.781. The summed E-state index contributed by atoms with van der Waals surface area (Å²) in [5, 5.41) is 4.59. The second kappa shape index (κ2) is 7.77. The number of aromatic nitrogens is 3. The summed E-state index contributed by atoms with van der Waals surface area (Å²) in [7, 11) is 0. The smallest absolute Gasteiger partial charge is 0.0694 e. The molecule has 0 bridgehead atoms. The zero-order chi connectivity index (χ0) is 16.9. The molecule has 3 heterocycles. The van der Waals surface area contributed by atoms with E-state index in [-0.39, 0.29) is 0 Å². The summed E-state index contributed by atoms with van der Waals surface area (Å²) in [6, 6.07) is 6.22. The van der Waals surface area contributed by atoms with E-state index in [1.165, 1.54) is 43.4 Å². The molecule has 25 heavy (non-hydrogen) atoms. The average Bonchev–Trinajstić information content (AvgIpc) is 3.10. The zero-order valence-electron chi connectivity index (χ0n) is 14.8. The minimum absolute atomic E-state index is 0.781. The van der Waals surface area contributed by atoms with Crippen molar-refractivity contribution in [3.8, 4) is 0 Å². The summed E-state index contributed by atoms with van der Waals surface area (Å²) >= 11 is 0. The second-order valence-electron chi connectivity index (χ2n) is 7.19. The predicted octanol–water partition coefficient (Wildman–Crippen LogP) is 4.52. The van der Waals surface area contributed by atoms with Gasteiger partial charge in [-0.15, -0.1) is 0 Å². The van der Waals surface area contributed by atoms with E-state index in [1.807, 2.05) is 24.7 Å². The van der Waals surface area contributed by atoms with Crippen LogP contribution in [0.15, 0.2) is 47.4 Å². The van der Waals surface area contributed by atoms with E-state index >= 15 is 0 Å². The van der Waals surface area contributed by atoms with Crippen molar-refractivity contribution in [2.75, 3.05) is 6.54 Å². The number of aliphatic imine (C=N–C) groups is 1. The van der Waals surface area contributed by atoms with Gasteiger partial charge in [-0.3, -0.25) is 14.7 Å². The van der Waals surface area contributed by atoms with E-state index in [4.69, 9.17) is 4.99 Å². The normalized spacial score (nSPS) is 20.6. The number of pyridine rings is 1. The fourth-order valence-corrected chi connectivity index (χ4v) is 4.01. The van der Waals surface area contributed by atoms with Crippen LogP contribution in [0.4, 0.5) is 0 Å². The monoisotopic (exact) mass is 334 g/mol. The Morgan fingerprint density at radius 3 is 2.84 bits per heavy atom. The molecule has 0 unspecified atom stereocenters. The predicted molar refractivity (Wildman–Crippen MR) is 102 cm³/mol. The van der Waals surface area contributed by atoms with Gasteiger partial charge in [-0.1, -0.05) is 19.3 Å². The van der Waals surface area contributed by atoms with Crippen LogP contribution in [0.2, 0.25) is 0 Å². The first kappa shape index (κ1) is 16.2. The number of hydrogen-bond acceptors (Lipinski definition) is 3. The van der Waals surface area contributed by atoms with Crippen LogP contribution in [0, 0.1) is 5.92 Å². The molecule has 2 aromatic rings. The van der Waals surface area contributed by atoms with Gasteiger partial charge in [0.15, 0.2) is 0 Å². The summed E-state index contributed by atoms with van der Waals surface area (Å²) in [5.41, 5.74) is 4.74. The van der Waals surface area contributed by atoms with Gasteiger partial charge >= 0.3 is 0 Å². The first-order valence-electron chi connectivity index (χ1n) is 9.58. The average molecular weight is 334 g/mol. The van der Waals surface area contributed by atoms with Gasteiger partial charge in [0.05, 0.1) is 11.4 Å². The first-order valence-corrected chi connectivity index (χ1v) is 9.58. The van der Waals surface area contributed by atoms with Crippen LogP contribution in [0.25, 0.3) is 6.08 Å². The van der Waals surface area contributed by atoms with E-state index < -0.39 is 0 Å². The van der Waals surface area contributed by atoms with E-state index in [1.54, 1.807) is 0 Å². The van der Waals surface area contributed by atoms with Crippen LogP contribution in [-0.4, -0.2) is 27.0 Å². The largest absolute Gasteiger partial charge is 0.284 e. The molecule has 4 heteroatoms. The van der Waals surface area contributed by atoms with Crippen molar-refractivity contribution in [3.63, 3.8) is 0 Å². The summed E-state index contributed by atoms with van der Waals surface area (Å²) in [6.07, 6.45) is 17.0. The van der Waals surface area contributed by atoms with Gasteiger partial charge in [0.1, 0.15) is 0 Å². The van der Waals surface area contributed by atoms with Crippen molar-refractivity contribution in [3.05, 3.63) is 53.6 Å². The molecule has 130 valence electrons. The van der Waals surface area contributed by atoms with Crippen LogP contribution in [0.3, 0.4) is 0 Å². The lowest BCUT2D eigenvalue weighted by Crippen LogP contribution is -2.16. The molecule has 0 radical (unpaired) electrons. The zero-order valence-corrected chi connectivity index (χ0v) is 14.8. The Bertz CT molecular complexity index is 751. The number of hydrogen-bond donors (Lipinski definition) is 0. The van der Waals surface area contributed by atoms with Gasteiger partial charge in [-0.25, -0.2) is 0 Å². The van der Waals surface area contributed by atoms with E-state index in [9.17, 15) is 0 Å². The number of nitrogens with zero attached hydrogens (tertiary/aromatic N) is 4. The van der Waals surface area contributed by atoms with Crippen molar-refractivity contribution in [1.82, 2.24) is 14.8 Å². The molecule has 1 fully saturated rings. The quantitative estimate of drug-likeness (QED) is 0.825. The summed E-state index contributed by atoms with van der Waals surface area (Å²) in [4.78, 5) is 9.05. The lowest BCUT2D eigenvalue weighted by molar-refractivity contribution is 0.307. The first-order chi connectivity index (χ1) is 12.4. The Morgan fingerprint density at radius 2 is 2.00 bits per heavy atom. The third-order valence-corrected chi connectivity index (χ3v) is 5.34. The molecule has 1 aliphatic carbocycles. The Morgan fingerprint density at radius 1 is 1.08 bits per heavy atom. The molecule has 0 amide bonds. The molecule has 4 rings (SSSR count). The number of allylic oxidation sites excluding steroid dienone is 1. The molecule has 1 aliphatic heterocycles. The Kier molecular flexibility index (Phi) is 5.05. The van der Waals surface area contributed by atoms with Crippen LogP contribution in [-0.2, 0) is 6.54 Å². The molecule has 2 aliphatic rings. The maximum Gasteiger partial charge on any atom is 0.0694 e. The Hall–Kier alpha value is -2.23. The van der Waals surface area contributed by atoms with Crippen molar-refractivity contribution in [2.45, 2.75) is 51.5 Å². The van der Waals surface area contributed by atoms with Crippen molar-refractivity contribution < 1.29 is 0 Å². The summed E-state index contributed by atoms with van der Waals surface area (Å²) in [6.45, 7) is 1.95. The van der Waals surface area contributed by atoms with Crippen LogP contribution in [0.5, 0.6) is 0 Å². The van der Waals surface area contributed by atoms with Gasteiger partial charge in [-0.05, 0) is 61.4 Å². The Balaban J connectivity index is 1.58. The fourth-order valence-electron chi connectivity index (χ4n) is 4.01. The maximum atomic E-state index is 4.79. The maximum absolute atomic E-state index is 4.79. The molecule has 0 atom stereocenters. The topological polar surface area (TPSA) is 43.1 Å². The molecule has 1 saturated carbocycles.